The summed E-state index contributed by atoms with van der Waals surface area (Å²) in [5.41, 5.74) is 4.89. The summed E-state index contributed by atoms with van der Waals surface area (Å²) in [6.45, 7) is 2.58. The first kappa shape index (κ1) is 20.5. The van der Waals surface area contributed by atoms with Crippen molar-refractivity contribution >= 4 is 17.2 Å². The minimum absolute atomic E-state index is 0.0857. The molecule has 0 radical (unpaired) electrons. The summed E-state index contributed by atoms with van der Waals surface area (Å²) in [5.74, 6) is 0.806. The van der Waals surface area contributed by atoms with Gasteiger partial charge in [0, 0.05) is 19.2 Å². The van der Waals surface area contributed by atoms with Gasteiger partial charge in [-0.15, -0.1) is 11.3 Å². The van der Waals surface area contributed by atoms with Crippen LogP contribution in [0.25, 0.3) is 10.6 Å². The number of carbonyl (C=O) groups excluding carboxylic acids is 1. The fraction of sp³-hybridized carbons (Fsp3) is 0.250. The van der Waals surface area contributed by atoms with Crippen molar-refractivity contribution in [1.29, 1.82) is 0 Å². The van der Waals surface area contributed by atoms with Crippen LogP contribution in [-0.2, 0) is 6.42 Å². The third kappa shape index (κ3) is 4.05. The van der Waals surface area contributed by atoms with Crippen LogP contribution in [0.2, 0.25) is 0 Å². The standard InChI is InChI=1S/C24H21FN4O2S/c1-15-22(32-14-28-15)20-8-7-17(12-26-20)24(30)29-9-3-6-21(29)23-27-13-19(31-23)11-16-4-2-5-18(25)10-16/h2,4-5,7-8,10,12-14,21H,3,6,9,11H2,1H3/t21-/m1/s1. The van der Waals surface area contributed by atoms with E-state index in [1.807, 2.05) is 25.1 Å². The molecule has 6 nitrogen and oxygen atoms in total. The smallest absolute Gasteiger partial charge is 0.256 e. The van der Waals surface area contributed by atoms with Crippen LogP contribution in [0, 0.1) is 12.7 Å². The van der Waals surface area contributed by atoms with E-state index in [1.165, 1.54) is 23.5 Å². The molecule has 0 N–H and O–H groups in total. The number of hydrogen-bond donors (Lipinski definition) is 0. The molecule has 5 rings (SSSR count). The Morgan fingerprint density at radius 3 is 2.88 bits per heavy atom. The summed E-state index contributed by atoms with van der Waals surface area (Å²) in [4.78, 5) is 29.2. The highest BCUT2D eigenvalue weighted by Crippen LogP contribution is 2.33. The molecule has 162 valence electrons. The van der Waals surface area contributed by atoms with Gasteiger partial charge in [-0.1, -0.05) is 12.1 Å². The van der Waals surface area contributed by atoms with Gasteiger partial charge in [-0.2, -0.15) is 0 Å². The molecule has 1 fully saturated rings. The summed E-state index contributed by atoms with van der Waals surface area (Å²) < 4.78 is 19.4. The topological polar surface area (TPSA) is 72.1 Å². The molecule has 3 aromatic heterocycles. The minimum Gasteiger partial charge on any atom is -0.443 e. The molecule has 0 spiro atoms. The van der Waals surface area contributed by atoms with Gasteiger partial charge in [-0.3, -0.25) is 9.78 Å². The number of likely N-dealkylation sites (tertiary alicyclic amines) is 1. The molecule has 8 heteroatoms. The van der Waals surface area contributed by atoms with E-state index in [4.69, 9.17) is 4.42 Å². The van der Waals surface area contributed by atoms with Crippen molar-refractivity contribution in [3.8, 4) is 10.6 Å². The van der Waals surface area contributed by atoms with Crippen LogP contribution in [0.4, 0.5) is 4.39 Å². The number of rotatable bonds is 5. The van der Waals surface area contributed by atoms with Crippen molar-refractivity contribution in [2.75, 3.05) is 6.54 Å². The molecule has 0 unspecified atom stereocenters. The van der Waals surface area contributed by atoms with E-state index in [1.54, 1.807) is 28.9 Å². The van der Waals surface area contributed by atoms with Crippen LogP contribution in [-0.4, -0.2) is 32.3 Å². The van der Waals surface area contributed by atoms with Crippen LogP contribution in [0.5, 0.6) is 0 Å². The number of amides is 1. The Hall–Kier alpha value is -3.39. The molecule has 0 bridgehead atoms. The maximum absolute atomic E-state index is 13.4. The maximum Gasteiger partial charge on any atom is 0.256 e. The van der Waals surface area contributed by atoms with Crippen molar-refractivity contribution in [2.24, 2.45) is 0 Å². The Morgan fingerprint density at radius 1 is 1.22 bits per heavy atom. The largest absolute Gasteiger partial charge is 0.443 e. The van der Waals surface area contributed by atoms with Gasteiger partial charge in [0.15, 0.2) is 0 Å². The highest BCUT2D eigenvalue weighted by atomic mass is 32.1. The van der Waals surface area contributed by atoms with Gasteiger partial charge in [0.05, 0.1) is 33.5 Å². The predicted octanol–water partition coefficient (Wildman–Crippen LogP) is 5.21. The van der Waals surface area contributed by atoms with Crippen molar-refractivity contribution in [2.45, 2.75) is 32.2 Å². The average molecular weight is 449 g/mol. The molecule has 1 aliphatic heterocycles. The minimum atomic E-state index is -0.278. The number of halogens is 1. The number of thiazole rings is 1. The van der Waals surface area contributed by atoms with E-state index in [9.17, 15) is 9.18 Å². The number of hydrogen-bond acceptors (Lipinski definition) is 6. The fourth-order valence-electron chi connectivity index (χ4n) is 4.04. The first-order valence-electron chi connectivity index (χ1n) is 10.4. The number of oxazole rings is 1. The molecule has 4 heterocycles. The molecule has 0 aliphatic carbocycles. The van der Waals surface area contributed by atoms with Crippen LogP contribution >= 0.6 is 11.3 Å². The zero-order valence-electron chi connectivity index (χ0n) is 17.5. The molecule has 1 aromatic carbocycles. The van der Waals surface area contributed by atoms with Gasteiger partial charge >= 0.3 is 0 Å². The SMILES string of the molecule is Cc1ncsc1-c1ccc(C(=O)N2CCC[C@@H]2c2ncc(Cc3cccc(F)c3)o2)cn1. The number of aryl methyl sites for hydroxylation is 1. The highest BCUT2D eigenvalue weighted by molar-refractivity contribution is 7.13. The third-order valence-electron chi connectivity index (χ3n) is 5.63. The van der Waals surface area contributed by atoms with E-state index in [-0.39, 0.29) is 17.8 Å². The second kappa shape index (κ2) is 8.63. The maximum atomic E-state index is 13.4. The lowest BCUT2D eigenvalue weighted by atomic mass is 10.1. The summed E-state index contributed by atoms with van der Waals surface area (Å²) in [6.07, 6.45) is 5.40. The van der Waals surface area contributed by atoms with Gasteiger partial charge < -0.3 is 9.32 Å². The number of pyridine rings is 1. The van der Waals surface area contributed by atoms with Crippen molar-refractivity contribution in [1.82, 2.24) is 19.9 Å². The molecule has 1 saturated heterocycles. The second-order valence-corrected chi connectivity index (χ2v) is 8.68. The Bertz CT molecular complexity index is 1250. The Labute approximate surface area is 188 Å². The van der Waals surface area contributed by atoms with Crippen LogP contribution in [0.15, 0.2) is 58.7 Å². The summed E-state index contributed by atoms with van der Waals surface area (Å²) in [5, 5.41) is 0. The number of nitrogens with zero attached hydrogens (tertiary/aromatic N) is 4. The first-order chi connectivity index (χ1) is 15.6. The second-order valence-electron chi connectivity index (χ2n) is 7.83. The molecule has 1 atom stereocenters. The molecule has 1 aliphatic rings. The van der Waals surface area contributed by atoms with Crippen molar-refractivity contribution in [3.05, 3.63) is 88.6 Å². The fourth-order valence-corrected chi connectivity index (χ4v) is 4.82. The Balaban J connectivity index is 1.32. The monoisotopic (exact) mass is 448 g/mol. The van der Waals surface area contributed by atoms with Crippen molar-refractivity contribution < 1.29 is 13.6 Å². The average Bonchev–Trinajstić information content (AvgIpc) is 3.54. The predicted molar refractivity (Wildman–Crippen MR) is 119 cm³/mol. The number of aromatic nitrogens is 3. The zero-order valence-corrected chi connectivity index (χ0v) is 18.3. The number of carbonyl (C=O) groups is 1. The van der Waals surface area contributed by atoms with Gasteiger partial charge in [0.2, 0.25) is 5.89 Å². The van der Waals surface area contributed by atoms with E-state index in [2.05, 4.69) is 15.0 Å². The van der Waals surface area contributed by atoms with Gasteiger partial charge in [-0.25, -0.2) is 14.4 Å². The zero-order chi connectivity index (χ0) is 22.1. The summed E-state index contributed by atoms with van der Waals surface area (Å²) in [7, 11) is 0. The lowest BCUT2D eigenvalue weighted by molar-refractivity contribution is 0.0714. The van der Waals surface area contributed by atoms with E-state index in [0.717, 1.165) is 34.7 Å². The molecule has 4 aromatic rings. The summed E-state index contributed by atoms with van der Waals surface area (Å²) >= 11 is 1.53. The van der Waals surface area contributed by atoms with Gasteiger partial charge in [-0.05, 0) is 49.6 Å². The highest BCUT2D eigenvalue weighted by Gasteiger charge is 2.34. The molecule has 1 amide bonds. The Kier molecular flexibility index (Phi) is 5.53. The van der Waals surface area contributed by atoms with Crippen molar-refractivity contribution in [3.63, 3.8) is 0 Å². The number of benzene rings is 1. The van der Waals surface area contributed by atoms with Crippen LogP contribution in [0.3, 0.4) is 0 Å². The Morgan fingerprint density at radius 2 is 2.12 bits per heavy atom. The summed E-state index contributed by atoms with van der Waals surface area (Å²) in [6, 6.07) is 9.88. The van der Waals surface area contributed by atoms with Crippen LogP contribution < -0.4 is 0 Å². The normalized spacial score (nSPS) is 15.9. The van der Waals surface area contributed by atoms with E-state index >= 15 is 0 Å². The van der Waals surface area contributed by atoms with E-state index < -0.39 is 0 Å². The van der Waals surface area contributed by atoms with Gasteiger partial charge in [0.25, 0.3) is 5.91 Å². The molecular formula is C24H21FN4O2S. The van der Waals surface area contributed by atoms with Crippen LogP contribution in [0.1, 0.15) is 52.1 Å². The van der Waals surface area contributed by atoms with E-state index in [0.29, 0.717) is 30.2 Å². The lowest BCUT2D eigenvalue weighted by Gasteiger charge is -2.22. The third-order valence-corrected chi connectivity index (χ3v) is 6.58. The molecular weight excluding hydrogens is 427 g/mol. The van der Waals surface area contributed by atoms with Gasteiger partial charge in [0.1, 0.15) is 17.6 Å². The molecule has 32 heavy (non-hydrogen) atoms. The first-order valence-corrected chi connectivity index (χ1v) is 11.3. The lowest BCUT2D eigenvalue weighted by Crippen LogP contribution is -2.30. The molecule has 0 saturated carbocycles. The quantitative estimate of drug-likeness (QED) is 0.419.